The first kappa shape index (κ1) is 41.9. The Kier molecular flexibility index (Phi) is 13.1. The van der Waals surface area contributed by atoms with Crippen LogP contribution in [0.4, 0.5) is 0 Å². The highest BCUT2D eigenvalue weighted by Crippen LogP contribution is 2.41. The van der Waals surface area contributed by atoms with Gasteiger partial charge in [0.2, 0.25) is 5.91 Å². The molecule has 7 rings (SSSR count). The van der Waals surface area contributed by atoms with E-state index in [2.05, 4.69) is 108 Å². The van der Waals surface area contributed by atoms with Crippen molar-refractivity contribution >= 4 is 32.7 Å². The largest absolute Gasteiger partial charge is 0.407 e. The van der Waals surface area contributed by atoms with Gasteiger partial charge in [0.25, 0.3) is 10.1 Å². The third-order valence-corrected chi connectivity index (χ3v) is 20.0. The third kappa shape index (κ3) is 10.6. The summed E-state index contributed by atoms with van der Waals surface area (Å²) in [4.78, 5) is 11.4. The van der Waals surface area contributed by atoms with Gasteiger partial charge < -0.3 is 33.0 Å². The van der Waals surface area contributed by atoms with Gasteiger partial charge in [0.15, 0.2) is 34.1 Å². The molecule has 4 aliphatic heterocycles. The summed E-state index contributed by atoms with van der Waals surface area (Å²) in [5, 5.41) is 35.3. The number of aliphatic hydroxyl groups excluding tert-OH is 1. The Bertz CT molecular complexity index is 1750. The van der Waals surface area contributed by atoms with Crippen LogP contribution in [0.25, 0.3) is 0 Å². The highest BCUT2D eigenvalue weighted by Gasteiger charge is 2.42. The second-order valence-electron chi connectivity index (χ2n) is 16.6. The molecular weight excluding hydrogens is 725 g/mol. The van der Waals surface area contributed by atoms with Crippen molar-refractivity contribution < 1.29 is 31.4 Å². The van der Waals surface area contributed by atoms with Crippen LogP contribution in [-0.4, -0.2) is 99.3 Å². The van der Waals surface area contributed by atoms with Gasteiger partial charge in [-0.05, 0) is 55.5 Å². The van der Waals surface area contributed by atoms with Gasteiger partial charge in [-0.1, -0.05) is 41.5 Å². The monoisotopic (exact) mass is 782 g/mol. The van der Waals surface area contributed by atoms with Crippen LogP contribution in [-0.2, 0) is 47.6 Å². The lowest BCUT2D eigenvalue weighted by Crippen LogP contribution is -2.45. The summed E-state index contributed by atoms with van der Waals surface area (Å²) in [7, 11) is -6.87. The number of nitrogens with one attached hydrogen (secondary N) is 1. The van der Waals surface area contributed by atoms with E-state index in [4.69, 9.17) is 18.1 Å². The lowest BCUT2D eigenvalue weighted by Gasteiger charge is -2.37. The molecule has 0 aromatic carbocycles. The Morgan fingerprint density at radius 2 is 1.13 bits per heavy atom. The molecule has 292 valence electrons. The number of aryl methyl sites for hydroxylation is 3. The van der Waals surface area contributed by atoms with E-state index in [1.54, 1.807) is 23.5 Å². The predicted molar refractivity (Wildman–Crippen MR) is 198 cm³/mol. The van der Waals surface area contributed by atoms with Crippen molar-refractivity contribution in [1.29, 1.82) is 0 Å². The van der Waals surface area contributed by atoms with Crippen LogP contribution in [0.1, 0.15) is 103 Å². The molecule has 52 heavy (non-hydrogen) atoms. The van der Waals surface area contributed by atoms with Gasteiger partial charge in [-0.25, -0.2) is 0 Å². The average molecular weight is 783 g/mol. The van der Waals surface area contributed by atoms with Gasteiger partial charge in [0.1, 0.15) is 43.4 Å². The Morgan fingerprint density at radius 3 is 1.58 bits per heavy atom. The van der Waals surface area contributed by atoms with E-state index in [1.165, 1.54) is 0 Å². The normalized spacial score (nSPS) is 22.6. The van der Waals surface area contributed by atoms with Gasteiger partial charge in [0, 0.05) is 32.6 Å². The van der Waals surface area contributed by atoms with Crippen LogP contribution in [0.15, 0.2) is 19.0 Å². The molecule has 0 spiro atoms. The zero-order chi connectivity index (χ0) is 38.7. The third-order valence-electron chi connectivity index (χ3n) is 10.5. The fourth-order valence-electron chi connectivity index (χ4n) is 5.39. The smallest absolute Gasteiger partial charge is 0.265 e. The number of carbonyl (C=O) groups is 1. The van der Waals surface area contributed by atoms with Crippen LogP contribution < -0.4 is 5.32 Å². The van der Waals surface area contributed by atoms with E-state index < -0.39 is 32.9 Å². The molecule has 4 aliphatic rings. The first-order chi connectivity index (χ1) is 24.0. The van der Waals surface area contributed by atoms with Gasteiger partial charge >= 0.3 is 0 Å². The van der Waals surface area contributed by atoms with Crippen molar-refractivity contribution in [3.63, 3.8) is 0 Å². The quantitative estimate of drug-likeness (QED) is 0.268. The second kappa shape index (κ2) is 16.2. The van der Waals surface area contributed by atoms with Crippen molar-refractivity contribution in [2.24, 2.45) is 0 Å². The molecule has 4 atom stereocenters. The SMILES string of the molecule is CC(C)(C)[Si](C)(C)O[C@H]1CCNC1=O.CC(C)(C)[Si](C)(C)O[C@H]1CCn2cnnc21.CS(=O)(=O)O[C@H]1CCn2cnnc21.O[C@H]1CCn2cnnc21. The molecule has 3 aromatic rings. The summed E-state index contributed by atoms with van der Waals surface area (Å²) in [5.41, 5.74) is 0. The number of fused-ring (bicyclic) bond motifs is 3. The maximum Gasteiger partial charge on any atom is 0.265 e. The minimum atomic E-state index is -3.41. The van der Waals surface area contributed by atoms with E-state index in [0.29, 0.717) is 24.6 Å². The van der Waals surface area contributed by atoms with Crippen molar-refractivity contribution in [1.82, 2.24) is 49.6 Å². The predicted octanol–water partition coefficient (Wildman–Crippen LogP) is 4.06. The van der Waals surface area contributed by atoms with Crippen LogP contribution in [0.5, 0.6) is 0 Å². The molecule has 0 radical (unpaired) electrons. The molecule has 17 nitrogen and oxygen atoms in total. The molecule has 0 saturated carbocycles. The number of hydrogen-bond acceptors (Lipinski definition) is 13. The maximum absolute atomic E-state index is 11.4. The molecule has 3 aromatic heterocycles. The molecule has 20 heteroatoms. The van der Waals surface area contributed by atoms with Crippen LogP contribution in [0.3, 0.4) is 0 Å². The summed E-state index contributed by atoms with van der Waals surface area (Å²) >= 11 is 0. The fourth-order valence-corrected chi connectivity index (χ4v) is 8.57. The summed E-state index contributed by atoms with van der Waals surface area (Å²) in [5.74, 6) is 2.36. The summed E-state index contributed by atoms with van der Waals surface area (Å²) in [6, 6.07) is 0. The Hall–Kier alpha value is -2.89. The van der Waals surface area contributed by atoms with Crippen molar-refractivity contribution in [2.45, 2.75) is 148 Å². The molecule has 1 saturated heterocycles. The van der Waals surface area contributed by atoms with Crippen molar-refractivity contribution in [3.05, 3.63) is 36.5 Å². The number of hydrogen-bond donors (Lipinski definition) is 2. The van der Waals surface area contributed by atoms with Crippen molar-refractivity contribution in [2.75, 3.05) is 12.8 Å². The number of nitrogens with zero attached hydrogens (tertiary/aromatic N) is 9. The molecule has 7 heterocycles. The Morgan fingerprint density at radius 1 is 0.712 bits per heavy atom. The fraction of sp³-hybridized carbons (Fsp3) is 0.781. The molecule has 1 fully saturated rings. The van der Waals surface area contributed by atoms with Crippen LogP contribution >= 0.6 is 0 Å². The second-order valence-corrected chi connectivity index (χ2v) is 27.7. The Labute approximate surface area is 309 Å². The number of aromatic nitrogens is 9. The van der Waals surface area contributed by atoms with Gasteiger partial charge in [-0.15, -0.1) is 30.6 Å². The van der Waals surface area contributed by atoms with E-state index >= 15 is 0 Å². The molecule has 0 bridgehead atoms. The number of rotatable bonds is 6. The standard InChI is InChI=1S/C11H21N3OSi.C10H21NO2Si.C6H9N3O3S.C5H7N3O/c1-11(2,3)16(4,5)15-9-6-7-14-8-12-13-10(9)14;1-10(2,3)14(4,5)13-8-6-7-11-9(8)12;1-13(10,11)12-5-2-3-9-4-7-8-6(5)9;9-4-1-2-8-3-6-7-5(4)8/h8-9H,6-7H2,1-5H3;8H,6-7H2,1-5H3,(H,11,12);4-5H,2-3H2,1H3;3-4,9H,1-2H2/t9-;8-;5-;4-/m0000/s1. The maximum atomic E-state index is 11.4. The van der Waals surface area contributed by atoms with Gasteiger partial charge in [-0.3, -0.25) is 8.98 Å². The number of aliphatic hydroxyl groups is 1. The van der Waals surface area contributed by atoms with Crippen molar-refractivity contribution in [3.8, 4) is 0 Å². The zero-order valence-corrected chi connectivity index (χ0v) is 35.3. The first-order valence-corrected chi connectivity index (χ1v) is 25.4. The van der Waals surface area contributed by atoms with E-state index in [9.17, 15) is 13.2 Å². The number of amides is 1. The van der Waals surface area contributed by atoms with E-state index in [1.807, 2.05) is 4.57 Å². The van der Waals surface area contributed by atoms with Gasteiger partial charge in [-0.2, -0.15) is 8.42 Å². The highest BCUT2D eigenvalue weighted by molar-refractivity contribution is 7.86. The lowest BCUT2D eigenvalue weighted by molar-refractivity contribution is -0.125. The summed E-state index contributed by atoms with van der Waals surface area (Å²) in [6.07, 6.45) is 8.44. The minimum absolute atomic E-state index is 0.0647. The summed E-state index contributed by atoms with van der Waals surface area (Å²) < 4.78 is 44.6. The topological polar surface area (TPSA) is 203 Å². The van der Waals surface area contributed by atoms with E-state index in [-0.39, 0.29) is 34.3 Å². The van der Waals surface area contributed by atoms with Gasteiger partial charge in [0.05, 0.1) is 6.26 Å². The minimum Gasteiger partial charge on any atom is -0.407 e. The molecule has 0 aliphatic carbocycles. The van der Waals surface area contributed by atoms with E-state index in [0.717, 1.165) is 51.0 Å². The first-order valence-electron chi connectivity index (χ1n) is 17.8. The zero-order valence-electron chi connectivity index (χ0n) is 32.5. The molecule has 2 N–H and O–H groups in total. The van der Waals surface area contributed by atoms with Crippen LogP contribution in [0.2, 0.25) is 36.3 Å². The molecule has 1 amide bonds. The molecule has 0 unspecified atom stereocenters. The molecular formula is C32H58N10O7SSi2. The lowest BCUT2D eigenvalue weighted by atomic mass is 10.2. The number of carbonyl (C=O) groups excluding carboxylic acids is 1. The van der Waals surface area contributed by atoms with Crippen LogP contribution in [0, 0.1) is 0 Å². The average Bonchev–Trinajstić information content (AvgIpc) is 3.85. The summed E-state index contributed by atoms with van der Waals surface area (Å²) in [6.45, 7) is 25.6. The highest BCUT2D eigenvalue weighted by atomic mass is 32.2. The Balaban J connectivity index is 0.000000158.